The standard InChI is InChI=1S/C44H31N3S/c1-3-15-37-35(4-2)41(43-42(45-37)36-24-11-12-25-40(36)48-43)33-22-14-23-34(27-33)44-46-38(30-18-9-6-10-19-30)28-39(47-44)32-21-13-20-31(26-32)29-16-7-5-8-17-29/h3-28H,2H2,1H3/b15-3-. The highest BCUT2D eigenvalue weighted by Gasteiger charge is 2.19. The number of pyridine rings is 1. The molecule has 8 rings (SSSR count). The lowest BCUT2D eigenvalue weighted by Gasteiger charge is -2.14. The van der Waals surface area contributed by atoms with Gasteiger partial charge >= 0.3 is 0 Å². The molecule has 228 valence electrons. The number of benzene rings is 5. The molecule has 8 aromatic rings. The fourth-order valence-electron chi connectivity index (χ4n) is 6.31. The van der Waals surface area contributed by atoms with Crippen LogP contribution in [0.15, 0.2) is 152 Å². The van der Waals surface area contributed by atoms with Crippen LogP contribution >= 0.6 is 11.3 Å². The van der Waals surface area contributed by atoms with E-state index in [4.69, 9.17) is 15.0 Å². The first-order valence-corrected chi connectivity index (χ1v) is 16.8. The van der Waals surface area contributed by atoms with E-state index in [2.05, 4.69) is 128 Å². The summed E-state index contributed by atoms with van der Waals surface area (Å²) >= 11 is 1.77. The largest absolute Gasteiger partial charge is 0.246 e. The number of nitrogens with zero attached hydrogens (tertiary/aromatic N) is 3. The first kappa shape index (κ1) is 29.4. The fraction of sp³-hybridized carbons (Fsp3) is 0.0227. The van der Waals surface area contributed by atoms with Crippen molar-refractivity contribution in [3.05, 3.63) is 163 Å². The lowest BCUT2D eigenvalue weighted by atomic mass is 9.95. The highest BCUT2D eigenvalue weighted by molar-refractivity contribution is 7.26. The molecule has 0 saturated heterocycles. The summed E-state index contributed by atoms with van der Waals surface area (Å²) in [6.07, 6.45) is 6.03. The maximum atomic E-state index is 5.20. The van der Waals surface area contributed by atoms with Crippen molar-refractivity contribution in [3.8, 4) is 56.2 Å². The lowest BCUT2D eigenvalue weighted by Crippen LogP contribution is -1.97. The predicted octanol–water partition coefficient (Wildman–Crippen LogP) is 12.3. The van der Waals surface area contributed by atoms with Gasteiger partial charge in [0.25, 0.3) is 0 Å². The van der Waals surface area contributed by atoms with E-state index in [1.807, 2.05) is 43.3 Å². The molecule has 3 aromatic heterocycles. The number of aromatic nitrogens is 3. The smallest absolute Gasteiger partial charge is 0.160 e. The minimum atomic E-state index is 0.675. The second-order valence-electron chi connectivity index (χ2n) is 11.6. The molecular formula is C44H31N3S. The summed E-state index contributed by atoms with van der Waals surface area (Å²) < 4.78 is 2.36. The van der Waals surface area contributed by atoms with Crippen molar-refractivity contribution in [1.82, 2.24) is 15.0 Å². The quantitative estimate of drug-likeness (QED) is 0.175. The normalized spacial score (nSPS) is 11.4. The molecule has 0 spiro atoms. The van der Waals surface area contributed by atoms with E-state index in [0.717, 1.165) is 71.6 Å². The molecule has 0 radical (unpaired) electrons. The summed E-state index contributed by atoms with van der Waals surface area (Å²) in [6.45, 7) is 6.25. The van der Waals surface area contributed by atoms with Crippen molar-refractivity contribution in [3.63, 3.8) is 0 Å². The van der Waals surface area contributed by atoms with Gasteiger partial charge in [0, 0.05) is 37.9 Å². The number of hydrogen-bond donors (Lipinski definition) is 0. The molecule has 0 aliphatic carbocycles. The van der Waals surface area contributed by atoms with E-state index in [0.29, 0.717) is 5.82 Å². The Labute approximate surface area is 284 Å². The topological polar surface area (TPSA) is 38.7 Å². The zero-order valence-electron chi connectivity index (χ0n) is 26.5. The number of thiophene rings is 1. The Morgan fingerprint density at radius 1 is 0.562 bits per heavy atom. The van der Waals surface area contributed by atoms with Crippen LogP contribution in [-0.2, 0) is 0 Å². The molecular weight excluding hydrogens is 603 g/mol. The van der Waals surface area contributed by atoms with Gasteiger partial charge in [-0.25, -0.2) is 15.0 Å². The van der Waals surface area contributed by atoms with Crippen LogP contribution in [0.4, 0.5) is 0 Å². The summed E-state index contributed by atoms with van der Waals surface area (Å²) in [7, 11) is 0. The van der Waals surface area contributed by atoms with E-state index in [1.54, 1.807) is 11.3 Å². The Morgan fingerprint density at radius 2 is 1.17 bits per heavy atom. The van der Waals surface area contributed by atoms with Crippen LogP contribution in [0.3, 0.4) is 0 Å². The molecule has 3 heterocycles. The second kappa shape index (κ2) is 12.7. The molecule has 3 nitrogen and oxygen atoms in total. The molecule has 4 heteroatoms. The van der Waals surface area contributed by atoms with Gasteiger partial charge in [0.1, 0.15) is 0 Å². The van der Waals surface area contributed by atoms with Gasteiger partial charge < -0.3 is 0 Å². The molecule has 0 N–H and O–H groups in total. The predicted molar refractivity (Wildman–Crippen MR) is 205 cm³/mol. The summed E-state index contributed by atoms with van der Waals surface area (Å²) in [5.74, 6) is 0.675. The first-order valence-electron chi connectivity index (χ1n) is 16.0. The minimum Gasteiger partial charge on any atom is -0.246 e. The Kier molecular flexibility index (Phi) is 7.77. The molecule has 0 fully saturated rings. The molecule has 5 aromatic carbocycles. The molecule has 0 atom stereocenters. The number of allylic oxidation sites excluding steroid dienone is 1. The van der Waals surface area contributed by atoms with Gasteiger partial charge in [-0.05, 0) is 54.0 Å². The van der Waals surface area contributed by atoms with Crippen LogP contribution in [0.5, 0.6) is 0 Å². The van der Waals surface area contributed by atoms with Crippen molar-refractivity contribution >= 4 is 43.8 Å². The van der Waals surface area contributed by atoms with E-state index >= 15 is 0 Å². The summed E-state index contributed by atoms with van der Waals surface area (Å²) in [5, 5.41) is 1.16. The SMILES string of the molecule is C=Cc1c(/C=C\C)nc2c(sc3ccccc32)c1-c1cccc(-c2nc(-c3ccccc3)cc(-c3cccc(-c4ccccc4)c3)n2)c1. The number of rotatable bonds is 7. The zero-order chi connectivity index (χ0) is 32.5. The van der Waals surface area contributed by atoms with Crippen molar-refractivity contribution in [2.45, 2.75) is 6.92 Å². The molecule has 0 unspecified atom stereocenters. The average Bonchev–Trinajstić information content (AvgIpc) is 3.53. The Balaban J connectivity index is 1.33. The van der Waals surface area contributed by atoms with E-state index in [9.17, 15) is 0 Å². The number of fused-ring (bicyclic) bond motifs is 3. The third-order valence-electron chi connectivity index (χ3n) is 8.57. The lowest BCUT2D eigenvalue weighted by molar-refractivity contribution is 1.18. The summed E-state index contributed by atoms with van der Waals surface area (Å²) in [5.41, 5.74) is 12.2. The van der Waals surface area contributed by atoms with Crippen molar-refractivity contribution in [1.29, 1.82) is 0 Å². The van der Waals surface area contributed by atoms with Crippen LogP contribution in [0.1, 0.15) is 18.2 Å². The van der Waals surface area contributed by atoms with Gasteiger partial charge in [-0.3, -0.25) is 0 Å². The second-order valence-corrected chi connectivity index (χ2v) is 12.7. The summed E-state index contributed by atoms with van der Waals surface area (Å²) in [6, 6.07) is 48.5. The van der Waals surface area contributed by atoms with Gasteiger partial charge in [0.05, 0.1) is 27.3 Å². The maximum absolute atomic E-state index is 5.20. The summed E-state index contributed by atoms with van der Waals surface area (Å²) in [4.78, 5) is 15.5. The highest BCUT2D eigenvalue weighted by atomic mass is 32.1. The van der Waals surface area contributed by atoms with Crippen LogP contribution in [0.25, 0.3) is 88.6 Å². The van der Waals surface area contributed by atoms with Gasteiger partial charge in [-0.1, -0.05) is 134 Å². The van der Waals surface area contributed by atoms with Crippen LogP contribution in [-0.4, -0.2) is 15.0 Å². The van der Waals surface area contributed by atoms with Gasteiger partial charge in [0.2, 0.25) is 0 Å². The Morgan fingerprint density at radius 3 is 1.92 bits per heavy atom. The molecule has 0 amide bonds. The third-order valence-corrected chi connectivity index (χ3v) is 9.75. The first-order chi connectivity index (χ1) is 23.7. The van der Waals surface area contributed by atoms with Crippen LogP contribution in [0.2, 0.25) is 0 Å². The maximum Gasteiger partial charge on any atom is 0.160 e. The van der Waals surface area contributed by atoms with Gasteiger partial charge in [0.15, 0.2) is 5.82 Å². The Bertz CT molecular complexity index is 2480. The van der Waals surface area contributed by atoms with E-state index < -0.39 is 0 Å². The molecule has 0 bridgehead atoms. The average molecular weight is 634 g/mol. The van der Waals surface area contributed by atoms with Crippen molar-refractivity contribution < 1.29 is 0 Å². The van der Waals surface area contributed by atoms with Gasteiger partial charge in [-0.15, -0.1) is 11.3 Å². The monoisotopic (exact) mass is 633 g/mol. The van der Waals surface area contributed by atoms with Crippen LogP contribution < -0.4 is 0 Å². The minimum absolute atomic E-state index is 0.675. The molecule has 0 aliphatic rings. The number of hydrogen-bond acceptors (Lipinski definition) is 4. The third kappa shape index (κ3) is 5.42. The van der Waals surface area contributed by atoms with Gasteiger partial charge in [-0.2, -0.15) is 0 Å². The Hall–Kier alpha value is -5.97. The van der Waals surface area contributed by atoms with E-state index in [-0.39, 0.29) is 0 Å². The van der Waals surface area contributed by atoms with Crippen molar-refractivity contribution in [2.24, 2.45) is 0 Å². The molecule has 48 heavy (non-hydrogen) atoms. The van der Waals surface area contributed by atoms with Crippen molar-refractivity contribution in [2.75, 3.05) is 0 Å². The molecule has 0 saturated carbocycles. The highest BCUT2D eigenvalue weighted by Crippen LogP contribution is 2.43. The molecule has 0 aliphatic heterocycles. The fourth-order valence-corrected chi connectivity index (χ4v) is 7.53. The van der Waals surface area contributed by atoms with E-state index in [1.165, 1.54) is 10.3 Å². The zero-order valence-corrected chi connectivity index (χ0v) is 27.3. The van der Waals surface area contributed by atoms with Crippen LogP contribution in [0, 0.1) is 0 Å².